The molecule has 3 aromatic heterocycles. The van der Waals surface area contributed by atoms with E-state index in [0.717, 1.165) is 27.4 Å². The zero-order chi connectivity index (χ0) is 11.8. The molecule has 3 heterocycles. The standard InChI is InChI=1S/C12H12N4S/c1-7-4-5-14-12-10(7)15-11(16-12)9(13)8-3-2-6-17-8/h2-6,9H,13H2,1H3,(H,14,15,16). The third-order valence-corrected chi connectivity index (χ3v) is 3.72. The molecule has 3 N–H and O–H groups in total. The number of fused-ring (bicyclic) bond motifs is 1. The lowest BCUT2D eigenvalue weighted by atomic mass is 10.2. The van der Waals surface area contributed by atoms with Crippen molar-refractivity contribution in [2.45, 2.75) is 13.0 Å². The van der Waals surface area contributed by atoms with Crippen molar-refractivity contribution >= 4 is 22.5 Å². The summed E-state index contributed by atoms with van der Waals surface area (Å²) in [6, 6.07) is 5.76. The van der Waals surface area contributed by atoms with Crippen molar-refractivity contribution in [3.05, 3.63) is 46.0 Å². The van der Waals surface area contributed by atoms with Gasteiger partial charge in [-0.05, 0) is 30.0 Å². The van der Waals surface area contributed by atoms with Crippen molar-refractivity contribution in [1.29, 1.82) is 0 Å². The van der Waals surface area contributed by atoms with Gasteiger partial charge in [0.15, 0.2) is 5.65 Å². The average molecular weight is 244 g/mol. The van der Waals surface area contributed by atoms with Crippen LogP contribution in [0.2, 0.25) is 0 Å². The number of aromatic nitrogens is 3. The van der Waals surface area contributed by atoms with Gasteiger partial charge in [-0.25, -0.2) is 9.97 Å². The third kappa shape index (κ3) is 1.73. The van der Waals surface area contributed by atoms with Crippen molar-refractivity contribution in [3.63, 3.8) is 0 Å². The number of nitrogens with one attached hydrogen (secondary N) is 1. The molecule has 0 saturated heterocycles. The van der Waals surface area contributed by atoms with Gasteiger partial charge in [-0.3, -0.25) is 0 Å². The number of thiophene rings is 1. The Hall–Kier alpha value is -1.72. The SMILES string of the molecule is Cc1ccnc2nc(C(N)c3cccs3)[nH]c12. The highest BCUT2D eigenvalue weighted by Gasteiger charge is 2.15. The number of aryl methyl sites for hydroxylation is 1. The number of rotatable bonds is 2. The second kappa shape index (κ2) is 3.94. The van der Waals surface area contributed by atoms with E-state index >= 15 is 0 Å². The van der Waals surface area contributed by atoms with Crippen molar-refractivity contribution in [2.75, 3.05) is 0 Å². The van der Waals surface area contributed by atoms with Crippen molar-refractivity contribution < 1.29 is 0 Å². The summed E-state index contributed by atoms with van der Waals surface area (Å²) in [6.45, 7) is 2.03. The highest BCUT2D eigenvalue weighted by molar-refractivity contribution is 7.10. The van der Waals surface area contributed by atoms with Gasteiger partial charge >= 0.3 is 0 Å². The summed E-state index contributed by atoms with van der Waals surface area (Å²) >= 11 is 1.63. The molecule has 5 heteroatoms. The molecule has 0 radical (unpaired) electrons. The van der Waals surface area contributed by atoms with Crippen LogP contribution < -0.4 is 5.73 Å². The van der Waals surface area contributed by atoms with Crippen LogP contribution in [-0.4, -0.2) is 15.0 Å². The Balaban J connectivity index is 2.10. The van der Waals surface area contributed by atoms with Gasteiger partial charge in [-0.2, -0.15) is 0 Å². The van der Waals surface area contributed by atoms with Gasteiger partial charge in [-0.1, -0.05) is 6.07 Å². The van der Waals surface area contributed by atoms with E-state index in [-0.39, 0.29) is 6.04 Å². The van der Waals surface area contributed by atoms with E-state index in [1.165, 1.54) is 0 Å². The second-order valence-corrected chi connectivity index (χ2v) is 4.92. The highest BCUT2D eigenvalue weighted by atomic mass is 32.1. The van der Waals surface area contributed by atoms with Gasteiger partial charge in [0.1, 0.15) is 5.82 Å². The summed E-state index contributed by atoms with van der Waals surface area (Å²) in [7, 11) is 0. The maximum absolute atomic E-state index is 6.16. The molecule has 0 fully saturated rings. The molecule has 3 aromatic rings. The summed E-state index contributed by atoms with van der Waals surface area (Å²) in [4.78, 5) is 13.0. The zero-order valence-electron chi connectivity index (χ0n) is 9.34. The fourth-order valence-electron chi connectivity index (χ4n) is 1.80. The smallest absolute Gasteiger partial charge is 0.178 e. The van der Waals surface area contributed by atoms with Crippen LogP contribution in [0.1, 0.15) is 22.3 Å². The number of hydrogen-bond donors (Lipinski definition) is 2. The normalized spacial score (nSPS) is 13.1. The number of nitrogens with zero attached hydrogens (tertiary/aromatic N) is 2. The number of hydrogen-bond acceptors (Lipinski definition) is 4. The van der Waals surface area contributed by atoms with Crippen LogP contribution in [-0.2, 0) is 0 Å². The molecule has 0 bridgehead atoms. The molecule has 17 heavy (non-hydrogen) atoms. The van der Waals surface area contributed by atoms with Gasteiger partial charge in [0.2, 0.25) is 0 Å². The number of aromatic amines is 1. The minimum absolute atomic E-state index is 0.205. The molecule has 0 aliphatic carbocycles. The largest absolute Gasteiger partial charge is 0.339 e. The predicted octanol–water partition coefficient (Wildman–Crippen LogP) is 2.38. The predicted molar refractivity (Wildman–Crippen MR) is 69.0 cm³/mol. The molecule has 0 spiro atoms. The fraction of sp³-hybridized carbons (Fsp3) is 0.167. The molecular formula is C12H12N4S. The minimum Gasteiger partial charge on any atom is -0.339 e. The molecule has 4 nitrogen and oxygen atoms in total. The van der Waals surface area contributed by atoms with Crippen LogP contribution in [0.15, 0.2) is 29.8 Å². The van der Waals surface area contributed by atoms with Gasteiger partial charge in [-0.15, -0.1) is 11.3 Å². The molecule has 0 aliphatic heterocycles. The zero-order valence-corrected chi connectivity index (χ0v) is 10.2. The molecule has 0 saturated carbocycles. The highest BCUT2D eigenvalue weighted by Crippen LogP contribution is 2.23. The molecule has 86 valence electrons. The number of pyridine rings is 1. The van der Waals surface area contributed by atoms with Gasteiger partial charge in [0.25, 0.3) is 0 Å². The number of imidazole rings is 1. The first-order chi connectivity index (χ1) is 8.25. The summed E-state index contributed by atoms with van der Waals surface area (Å²) in [5, 5.41) is 2.02. The summed E-state index contributed by atoms with van der Waals surface area (Å²) in [5.74, 6) is 0.768. The maximum atomic E-state index is 6.16. The molecule has 3 rings (SSSR count). The van der Waals surface area contributed by atoms with E-state index in [2.05, 4.69) is 15.0 Å². The van der Waals surface area contributed by atoms with Crippen LogP contribution in [0.25, 0.3) is 11.2 Å². The van der Waals surface area contributed by atoms with E-state index in [4.69, 9.17) is 5.73 Å². The summed E-state index contributed by atoms with van der Waals surface area (Å²) < 4.78 is 0. The Morgan fingerprint density at radius 2 is 2.29 bits per heavy atom. The molecular weight excluding hydrogens is 232 g/mol. The van der Waals surface area contributed by atoms with E-state index in [9.17, 15) is 0 Å². The minimum atomic E-state index is -0.205. The van der Waals surface area contributed by atoms with Gasteiger partial charge in [0.05, 0.1) is 11.6 Å². The van der Waals surface area contributed by atoms with E-state index < -0.39 is 0 Å². The number of nitrogens with two attached hydrogens (primary N) is 1. The Bertz CT molecular complexity index is 642. The van der Waals surface area contributed by atoms with Gasteiger partial charge < -0.3 is 10.7 Å². The Morgan fingerprint density at radius 3 is 3.00 bits per heavy atom. The van der Waals surface area contributed by atoms with Crippen LogP contribution in [0.3, 0.4) is 0 Å². The molecule has 0 amide bonds. The number of H-pyrrole nitrogens is 1. The Labute approximate surface area is 103 Å². The third-order valence-electron chi connectivity index (χ3n) is 2.76. The van der Waals surface area contributed by atoms with E-state index in [0.29, 0.717) is 0 Å². The summed E-state index contributed by atoms with van der Waals surface area (Å²) in [6.07, 6.45) is 1.76. The van der Waals surface area contributed by atoms with E-state index in [1.54, 1.807) is 17.5 Å². The molecule has 1 atom stereocenters. The molecule has 0 aromatic carbocycles. The first-order valence-corrected chi connectivity index (χ1v) is 6.24. The van der Waals surface area contributed by atoms with Crippen LogP contribution in [0.5, 0.6) is 0 Å². The lowest BCUT2D eigenvalue weighted by Gasteiger charge is -2.04. The van der Waals surface area contributed by atoms with Crippen molar-refractivity contribution in [2.24, 2.45) is 5.73 Å². The monoisotopic (exact) mass is 244 g/mol. The summed E-state index contributed by atoms with van der Waals surface area (Å²) in [5.41, 5.74) is 8.99. The topological polar surface area (TPSA) is 67.6 Å². The fourth-order valence-corrected chi connectivity index (χ4v) is 2.53. The van der Waals surface area contributed by atoms with Gasteiger partial charge in [0, 0.05) is 11.1 Å². The molecule has 0 aliphatic rings. The second-order valence-electron chi connectivity index (χ2n) is 3.94. The Kier molecular flexibility index (Phi) is 2.42. The lowest BCUT2D eigenvalue weighted by Crippen LogP contribution is -2.11. The van der Waals surface area contributed by atoms with Crippen LogP contribution >= 0.6 is 11.3 Å². The van der Waals surface area contributed by atoms with E-state index in [1.807, 2.05) is 30.5 Å². The van der Waals surface area contributed by atoms with Crippen molar-refractivity contribution in [1.82, 2.24) is 15.0 Å². The maximum Gasteiger partial charge on any atom is 0.178 e. The first kappa shape index (κ1) is 10.4. The lowest BCUT2D eigenvalue weighted by molar-refractivity contribution is 0.821. The average Bonchev–Trinajstić information content (AvgIpc) is 2.98. The first-order valence-electron chi connectivity index (χ1n) is 5.36. The quantitative estimate of drug-likeness (QED) is 0.727. The Morgan fingerprint density at radius 1 is 1.41 bits per heavy atom. The van der Waals surface area contributed by atoms with Crippen LogP contribution in [0.4, 0.5) is 0 Å². The van der Waals surface area contributed by atoms with Crippen LogP contribution in [0, 0.1) is 6.92 Å². The van der Waals surface area contributed by atoms with Crippen molar-refractivity contribution in [3.8, 4) is 0 Å². The molecule has 1 unspecified atom stereocenters.